The van der Waals surface area contributed by atoms with Crippen molar-refractivity contribution in [3.8, 4) is 17.5 Å². The van der Waals surface area contributed by atoms with Crippen molar-refractivity contribution in [1.82, 2.24) is 20.0 Å². The summed E-state index contributed by atoms with van der Waals surface area (Å²) in [4.78, 5) is 11.1. The molecule has 1 atom stereocenters. The molecule has 0 bridgehead atoms. The van der Waals surface area contributed by atoms with E-state index in [9.17, 15) is 0 Å². The van der Waals surface area contributed by atoms with Crippen LogP contribution >= 0.6 is 0 Å². The molecule has 1 aromatic carbocycles. The van der Waals surface area contributed by atoms with Gasteiger partial charge in [-0.05, 0) is 49.2 Å². The lowest BCUT2D eigenvalue weighted by Crippen LogP contribution is -2.33. The van der Waals surface area contributed by atoms with Crippen LogP contribution in [0.2, 0.25) is 0 Å². The van der Waals surface area contributed by atoms with Crippen molar-refractivity contribution in [3.63, 3.8) is 0 Å². The molecule has 1 aliphatic heterocycles. The molecule has 6 nitrogen and oxygen atoms in total. The van der Waals surface area contributed by atoms with E-state index in [1.807, 2.05) is 30.3 Å². The zero-order valence-electron chi connectivity index (χ0n) is 14.4. The van der Waals surface area contributed by atoms with Crippen LogP contribution in [0.1, 0.15) is 42.3 Å². The normalized spacial score (nSPS) is 17.7. The number of nitrogens with zero attached hydrogens (tertiary/aromatic N) is 5. The summed E-state index contributed by atoms with van der Waals surface area (Å²) >= 11 is 0. The molecule has 1 aliphatic rings. The molecule has 4 rings (SSSR count). The third kappa shape index (κ3) is 3.48. The lowest BCUT2D eigenvalue weighted by molar-refractivity contribution is 0.111. The highest BCUT2D eigenvalue weighted by Gasteiger charge is 2.29. The Hall–Kier alpha value is -3.04. The minimum atomic E-state index is 0.104. The summed E-state index contributed by atoms with van der Waals surface area (Å²) < 4.78 is 5.59. The molecule has 0 aliphatic carbocycles. The van der Waals surface area contributed by atoms with Gasteiger partial charge in [0.05, 0.1) is 17.7 Å². The van der Waals surface area contributed by atoms with Crippen LogP contribution in [-0.2, 0) is 6.54 Å². The minimum absolute atomic E-state index is 0.104. The Morgan fingerprint density at radius 1 is 1.23 bits per heavy atom. The molecule has 0 radical (unpaired) electrons. The molecular formula is C20H19N5O. The Morgan fingerprint density at radius 3 is 3.04 bits per heavy atom. The number of pyridine rings is 1. The van der Waals surface area contributed by atoms with Gasteiger partial charge in [0, 0.05) is 24.5 Å². The summed E-state index contributed by atoms with van der Waals surface area (Å²) in [6, 6.07) is 13.9. The van der Waals surface area contributed by atoms with Crippen molar-refractivity contribution in [3.05, 3.63) is 65.8 Å². The number of hydrogen-bond acceptors (Lipinski definition) is 6. The average Bonchev–Trinajstić information content (AvgIpc) is 3.19. The van der Waals surface area contributed by atoms with Gasteiger partial charge < -0.3 is 4.52 Å². The maximum atomic E-state index is 9.11. The van der Waals surface area contributed by atoms with Gasteiger partial charge in [-0.3, -0.25) is 9.88 Å². The fraction of sp³-hybridized carbons (Fsp3) is 0.300. The Balaban J connectivity index is 1.56. The average molecular weight is 345 g/mol. The number of piperidine rings is 1. The molecule has 0 spiro atoms. The van der Waals surface area contributed by atoms with Gasteiger partial charge in [0.1, 0.15) is 0 Å². The van der Waals surface area contributed by atoms with Crippen molar-refractivity contribution in [2.75, 3.05) is 6.54 Å². The van der Waals surface area contributed by atoms with Crippen molar-refractivity contribution >= 4 is 0 Å². The lowest BCUT2D eigenvalue weighted by atomic mass is 10.0. The standard InChI is InChI=1S/C20H19N5O/c21-12-15-5-3-6-16(11-15)14-25-10-2-1-8-18(25)20-23-19(24-26-20)17-7-4-9-22-13-17/h3-7,9,11,13,18H,1-2,8,10,14H2/t18-/m0/s1. The zero-order chi connectivity index (χ0) is 17.8. The molecule has 2 aromatic heterocycles. The van der Waals surface area contributed by atoms with E-state index in [1.54, 1.807) is 12.4 Å². The summed E-state index contributed by atoms with van der Waals surface area (Å²) in [5, 5.41) is 13.2. The van der Waals surface area contributed by atoms with E-state index in [2.05, 4.69) is 32.2 Å². The molecule has 0 unspecified atom stereocenters. The molecule has 26 heavy (non-hydrogen) atoms. The van der Waals surface area contributed by atoms with E-state index in [-0.39, 0.29) is 6.04 Å². The Labute approximate surface area is 152 Å². The van der Waals surface area contributed by atoms with Crippen LogP contribution in [0.3, 0.4) is 0 Å². The van der Waals surface area contributed by atoms with Crippen LogP contribution in [0, 0.1) is 11.3 Å². The van der Waals surface area contributed by atoms with Crippen LogP contribution in [-0.4, -0.2) is 26.6 Å². The third-order valence-electron chi connectivity index (χ3n) is 4.70. The van der Waals surface area contributed by atoms with E-state index in [0.717, 1.165) is 43.5 Å². The smallest absolute Gasteiger partial charge is 0.244 e. The second-order valence-corrected chi connectivity index (χ2v) is 6.49. The van der Waals surface area contributed by atoms with Gasteiger partial charge in [0.2, 0.25) is 11.7 Å². The number of rotatable bonds is 4. The molecule has 1 saturated heterocycles. The van der Waals surface area contributed by atoms with Crippen LogP contribution < -0.4 is 0 Å². The predicted molar refractivity (Wildman–Crippen MR) is 95.7 cm³/mol. The number of hydrogen-bond donors (Lipinski definition) is 0. The highest BCUT2D eigenvalue weighted by Crippen LogP contribution is 2.32. The second-order valence-electron chi connectivity index (χ2n) is 6.49. The number of likely N-dealkylation sites (tertiary alicyclic amines) is 1. The van der Waals surface area contributed by atoms with Gasteiger partial charge >= 0.3 is 0 Å². The van der Waals surface area contributed by atoms with Gasteiger partial charge in [0.15, 0.2) is 0 Å². The van der Waals surface area contributed by atoms with Crippen LogP contribution in [0.25, 0.3) is 11.4 Å². The third-order valence-corrected chi connectivity index (χ3v) is 4.70. The minimum Gasteiger partial charge on any atom is -0.337 e. The molecule has 0 amide bonds. The number of nitriles is 1. The monoisotopic (exact) mass is 345 g/mol. The highest BCUT2D eigenvalue weighted by molar-refractivity contribution is 5.51. The van der Waals surface area contributed by atoms with Crippen molar-refractivity contribution in [1.29, 1.82) is 5.26 Å². The first kappa shape index (κ1) is 16.4. The Kier molecular flexibility index (Phi) is 4.71. The Morgan fingerprint density at radius 2 is 2.19 bits per heavy atom. The van der Waals surface area contributed by atoms with Gasteiger partial charge in [-0.2, -0.15) is 10.2 Å². The van der Waals surface area contributed by atoms with Gasteiger partial charge in [-0.1, -0.05) is 23.7 Å². The van der Waals surface area contributed by atoms with Crippen molar-refractivity contribution in [2.45, 2.75) is 31.8 Å². The summed E-state index contributed by atoms with van der Waals surface area (Å²) in [6.07, 6.45) is 6.75. The maximum absolute atomic E-state index is 9.11. The quantitative estimate of drug-likeness (QED) is 0.717. The van der Waals surface area contributed by atoms with Gasteiger partial charge in [0.25, 0.3) is 0 Å². The molecular weight excluding hydrogens is 326 g/mol. The highest BCUT2D eigenvalue weighted by atomic mass is 16.5. The molecule has 3 aromatic rings. The largest absolute Gasteiger partial charge is 0.337 e. The fourth-order valence-electron chi connectivity index (χ4n) is 3.42. The van der Waals surface area contributed by atoms with Crippen LogP contribution in [0.5, 0.6) is 0 Å². The number of aromatic nitrogens is 3. The topological polar surface area (TPSA) is 78.8 Å². The molecule has 130 valence electrons. The lowest BCUT2D eigenvalue weighted by Gasteiger charge is -2.33. The predicted octanol–water partition coefficient (Wildman–Crippen LogP) is 3.73. The zero-order valence-corrected chi connectivity index (χ0v) is 14.4. The molecule has 1 fully saturated rings. The second kappa shape index (κ2) is 7.46. The summed E-state index contributed by atoms with van der Waals surface area (Å²) in [7, 11) is 0. The van der Waals surface area contributed by atoms with Crippen LogP contribution in [0.15, 0.2) is 53.3 Å². The molecule has 6 heteroatoms. The van der Waals surface area contributed by atoms with E-state index in [4.69, 9.17) is 9.78 Å². The number of benzene rings is 1. The first-order valence-electron chi connectivity index (χ1n) is 8.80. The van der Waals surface area contributed by atoms with E-state index in [1.165, 1.54) is 0 Å². The summed E-state index contributed by atoms with van der Waals surface area (Å²) in [6.45, 7) is 1.75. The molecule has 0 N–H and O–H groups in total. The Bertz CT molecular complexity index is 915. The van der Waals surface area contributed by atoms with E-state index >= 15 is 0 Å². The fourth-order valence-corrected chi connectivity index (χ4v) is 3.42. The maximum Gasteiger partial charge on any atom is 0.244 e. The van der Waals surface area contributed by atoms with Crippen molar-refractivity contribution < 1.29 is 4.52 Å². The first-order valence-corrected chi connectivity index (χ1v) is 8.80. The van der Waals surface area contributed by atoms with Crippen molar-refractivity contribution in [2.24, 2.45) is 0 Å². The van der Waals surface area contributed by atoms with E-state index < -0.39 is 0 Å². The molecule has 0 saturated carbocycles. The van der Waals surface area contributed by atoms with Gasteiger partial charge in [-0.15, -0.1) is 0 Å². The summed E-state index contributed by atoms with van der Waals surface area (Å²) in [5.74, 6) is 1.23. The summed E-state index contributed by atoms with van der Waals surface area (Å²) in [5.41, 5.74) is 2.67. The SMILES string of the molecule is N#Cc1cccc(CN2CCCC[C@H]2c2nc(-c3cccnc3)no2)c1. The van der Waals surface area contributed by atoms with Gasteiger partial charge in [-0.25, -0.2) is 0 Å². The van der Waals surface area contributed by atoms with E-state index in [0.29, 0.717) is 17.3 Å². The first-order chi connectivity index (χ1) is 12.8. The van der Waals surface area contributed by atoms with Crippen LogP contribution in [0.4, 0.5) is 0 Å². The molecule has 3 heterocycles.